The number of rotatable bonds is 8. The maximum atomic E-state index is 13.4. The molecule has 3 aromatic rings. The summed E-state index contributed by atoms with van der Waals surface area (Å²) < 4.78 is 19.9. The number of amides is 1. The van der Waals surface area contributed by atoms with Gasteiger partial charge in [0.2, 0.25) is 5.91 Å². The van der Waals surface area contributed by atoms with Crippen molar-refractivity contribution in [1.82, 2.24) is 20.1 Å². The molecule has 31 heavy (non-hydrogen) atoms. The molecule has 1 amide bonds. The Morgan fingerprint density at radius 2 is 1.77 bits per heavy atom. The van der Waals surface area contributed by atoms with Crippen molar-refractivity contribution in [3.05, 3.63) is 60.4 Å². The van der Waals surface area contributed by atoms with E-state index in [2.05, 4.69) is 15.5 Å². The van der Waals surface area contributed by atoms with Gasteiger partial charge in [0.05, 0.1) is 12.9 Å². The van der Waals surface area contributed by atoms with E-state index in [1.807, 2.05) is 48.7 Å². The summed E-state index contributed by atoms with van der Waals surface area (Å²) in [6.45, 7) is 3.66. The van der Waals surface area contributed by atoms with E-state index in [4.69, 9.17) is 4.74 Å². The monoisotopic (exact) mass is 442 g/mol. The number of hydrogen-bond donors (Lipinski definition) is 1. The lowest BCUT2D eigenvalue weighted by atomic mass is 10.1. The molecule has 0 aliphatic heterocycles. The van der Waals surface area contributed by atoms with Crippen molar-refractivity contribution in [3.63, 3.8) is 0 Å². The summed E-state index contributed by atoms with van der Waals surface area (Å²) in [5.41, 5.74) is 1.50. The van der Waals surface area contributed by atoms with Crippen molar-refractivity contribution in [3.8, 4) is 17.1 Å². The molecule has 0 bridgehead atoms. The molecule has 162 valence electrons. The summed E-state index contributed by atoms with van der Waals surface area (Å²) in [5, 5.41) is 11.7. The van der Waals surface area contributed by atoms with Gasteiger partial charge in [0.15, 0.2) is 11.0 Å². The number of carbonyl (C=O) groups is 2. The average Bonchev–Trinajstić information content (AvgIpc) is 3.20. The van der Waals surface area contributed by atoms with Gasteiger partial charge >= 0.3 is 5.97 Å². The van der Waals surface area contributed by atoms with Gasteiger partial charge in [0, 0.05) is 11.3 Å². The Morgan fingerprint density at radius 3 is 2.39 bits per heavy atom. The van der Waals surface area contributed by atoms with Crippen LogP contribution < -0.4 is 5.32 Å². The zero-order valence-corrected chi connectivity index (χ0v) is 18.2. The minimum atomic E-state index is -0.722. The molecule has 1 unspecified atom stereocenters. The van der Waals surface area contributed by atoms with Crippen molar-refractivity contribution < 1.29 is 18.7 Å². The lowest BCUT2D eigenvalue weighted by Crippen LogP contribution is -2.45. The number of ether oxygens (including phenoxy) is 1. The van der Waals surface area contributed by atoms with Crippen molar-refractivity contribution >= 4 is 23.6 Å². The number of carbonyl (C=O) groups excluding carboxylic acids is 2. The maximum Gasteiger partial charge on any atom is 0.328 e. The molecule has 1 N–H and O–H groups in total. The molecule has 0 fully saturated rings. The van der Waals surface area contributed by atoms with E-state index in [1.54, 1.807) is 12.1 Å². The maximum absolute atomic E-state index is 13.4. The Bertz CT molecular complexity index is 1040. The molecule has 3 rings (SSSR count). The first-order valence-corrected chi connectivity index (χ1v) is 10.7. The zero-order chi connectivity index (χ0) is 22.4. The fourth-order valence-corrected chi connectivity index (χ4v) is 3.69. The predicted octanol–water partition coefficient (Wildman–Crippen LogP) is 3.48. The first-order chi connectivity index (χ1) is 14.9. The highest BCUT2D eigenvalue weighted by atomic mass is 32.2. The van der Waals surface area contributed by atoms with Gasteiger partial charge in [-0.3, -0.25) is 9.36 Å². The highest BCUT2D eigenvalue weighted by molar-refractivity contribution is 7.99. The van der Waals surface area contributed by atoms with E-state index in [0.717, 1.165) is 5.69 Å². The lowest BCUT2D eigenvalue weighted by molar-refractivity contribution is -0.146. The van der Waals surface area contributed by atoms with Crippen LogP contribution in [-0.2, 0) is 14.3 Å². The van der Waals surface area contributed by atoms with Gasteiger partial charge in [-0.15, -0.1) is 10.2 Å². The molecule has 9 heteroatoms. The number of esters is 1. The first kappa shape index (κ1) is 22.5. The molecule has 0 saturated heterocycles. The second kappa shape index (κ2) is 10.2. The van der Waals surface area contributed by atoms with E-state index >= 15 is 0 Å². The van der Waals surface area contributed by atoms with E-state index in [9.17, 15) is 14.0 Å². The molecule has 0 radical (unpaired) electrons. The summed E-state index contributed by atoms with van der Waals surface area (Å²) in [7, 11) is 1.29. The minimum Gasteiger partial charge on any atom is -0.467 e. The fraction of sp³-hybridized carbons (Fsp3) is 0.273. The van der Waals surface area contributed by atoms with Crippen LogP contribution in [0.2, 0.25) is 0 Å². The highest BCUT2D eigenvalue weighted by Crippen LogP contribution is 2.28. The molecular weight excluding hydrogens is 419 g/mol. The van der Waals surface area contributed by atoms with Crippen LogP contribution in [-0.4, -0.2) is 45.5 Å². The molecule has 7 nitrogen and oxygen atoms in total. The number of benzene rings is 2. The van der Waals surface area contributed by atoms with E-state index in [-0.39, 0.29) is 23.4 Å². The number of aromatic nitrogens is 3. The van der Waals surface area contributed by atoms with Crippen LogP contribution in [0, 0.1) is 11.7 Å². The number of nitrogens with zero attached hydrogens (tertiary/aromatic N) is 3. The van der Waals surface area contributed by atoms with Crippen molar-refractivity contribution in [2.45, 2.75) is 25.0 Å². The van der Waals surface area contributed by atoms with Crippen molar-refractivity contribution in [2.75, 3.05) is 12.9 Å². The van der Waals surface area contributed by atoms with E-state index in [1.165, 1.54) is 31.0 Å². The lowest BCUT2D eigenvalue weighted by Gasteiger charge is -2.19. The van der Waals surface area contributed by atoms with Crippen LogP contribution in [0.5, 0.6) is 0 Å². The largest absolute Gasteiger partial charge is 0.467 e. The van der Waals surface area contributed by atoms with Gasteiger partial charge < -0.3 is 10.1 Å². The number of hydrogen-bond acceptors (Lipinski definition) is 6. The summed E-state index contributed by atoms with van der Waals surface area (Å²) in [6.07, 6.45) is 0. The summed E-state index contributed by atoms with van der Waals surface area (Å²) in [5.74, 6) is -0.692. The third-order valence-electron chi connectivity index (χ3n) is 4.52. The number of methoxy groups -OCH3 is 1. The van der Waals surface area contributed by atoms with Gasteiger partial charge in [0.1, 0.15) is 11.9 Å². The summed E-state index contributed by atoms with van der Waals surface area (Å²) in [6, 6.07) is 14.7. The quantitative estimate of drug-likeness (QED) is 0.425. The minimum absolute atomic E-state index is 0.0363. The van der Waals surface area contributed by atoms with Crippen LogP contribution in [0.4, 0.5) is 4.39 Å². The number of halogens is 1. The SMILES string of the molecule is COC(=O)C(NC(=O)CSc1nnc(-c2ccc(F)cc2)n1-c1ccccc1)C(C)C. The first-order valence-electron chi connectivity index (χ1n) is 9.67. The smallest absolute Gasteiger partial charge is 0.328 e. The zero-order valence-electron chi connectivity index (χ0n) is 17.4. The van der Waals surface area contributed by atoms with Gasteiger partial charge in [-0.25, -0.2) is 9.18 Å². The number of thioether (sulfide) groups is 1. The summed E-state index contributed by atoms with van der Waals surface area (Å²) >= 11 is 1.19. The van der Waals surface area contributed by atoms with Gasteiger partial charge in [0.25, 0.3) is 0 Å². The molecule has 0 saturated carbocycles. The predicted molar refractivity (Wildman–Crippen MR) is 116 cm³/mol. The second-order valence-electron chi connectivity index (χ2n) is 7.09. The third kappa shape index (κ3) is 5.49. The third-order valence-corrected chi connectivity index (χ3v) is 5.45. The summed E-state index contributed by atoms with van der Waals surface area (Å²) in [4.78, 5) is 24.4. The average molecular weight is 443 g/mol. The second-order valence-corrected chi connectivity index (χ2v) is 8.03. The van der Waals surface area contributed by atoms with Gasteiger partial charge in [-0.05, 0) is 42.3 Å². The fourth-order valence-electron chi connectivity index (χ4n) is 2.93. The molecule has 0 aliphatic rings. The van der Waals surface area contributed by atoms with E-state index < -0.39 is 12.0 Å². The van der Waals surface area contributed by atoms with Crippen LogP contribution in [0.1, 0.15) is 13.8 Å². The Kier molecular flexibility index (Phi) is 7.41. The molecule has 2 aromatic carbocycles. The van der Waals surface area contributed by atoms with Crippen LogP contribution >= 0.6 is 11.8 Å². The molecule has 1 aromatic heterocycles. The van der Waals surface area contributed by atoms with Crippen LogP contribution in [0.3, 0.4) is 0 Å². The molecule has 1 heterocycles. The number of para-hydroxylation sites is 1. The normalized spacial score (nSPS) is 11.9. The Morgan fingerprint density at radius 1 is 1.10 bits per heavy atom. The van der Waals surface area contributed by atoms with Crippen LogP contribution in [0.15, 0.2) is 59.8 Å². The van der Waals surface area contributed by atoms with Crippen molar-refractivity contribution in [1.29, 1.82) is 0 Å². The Hall–Kier alpha value is -3.20. The molecule has 0 spiro atoms. The molecule has 0 aliphatic carbocycles. The van der Waals surface area contributed by atoms with Crippen LogP contribution in [0.25, 0.3) is 17.1 Å². The van der Waals surface area contributed by atoms with Gasteiger partial charge in [-0.2, -0.15) is 0 Å². The molecule has 1 atom stereocenters. The Labute approximate surface area is 184 Å². The standard InChI is InChI=1S/C22H23FN4O3S/c1-14(2)19(21(29)30-3)24-18(28)13-31-22-26-25-20(15-9-11-16(23)12-10-15)27(22)17-7-5-4-6-8-17/h4-12,14,19H,13H2,1-3H3,(H,24,28). The van der Waals surface area contributed by atoms with E-state index in [0.29, 0.717) is 16.5 Å². The van der Waals surface area contributed by atoms with Crippen molar-refractivity contribution in [2.24, 2.45) is 5.92 Å². The topological polar surface area (TPSA) is 86.1 Å². The number of nitrogens with one attached hydrogen (secondary N) is 1. The highest BCUT2D eigenvalue weighted by Gasteiger charge is 2.25. The molecular formula is C22H23FN4O3S. The Balaban J connectivity index is 1.84. The van der Waals surface area contributed by atoms with Gasteiger partial charge in [-0.1, -0.05) is 43.8 Å².